The van der Waals surface area contributed by atoms with Crippen LogP contribution in [0.25, 0.3) is 11.0 Å². The number of amides is 2. The van der Waals surface area contributed by atoms with Gasteiger partial charge in [-0.25, -0.2) is 9.18 Å². The molecular formula is C22H21FN2O6. The number of furan rings is 1. The fourth-order valence-corrected chi connectivity index (χ4v) is 2.90. The standard InChI is InChI=1S/C22H21FN2O6/c1-13-17-9-14(23)7-8-18(17)31-21(13)22(28)30-12-20(27)25(2)11-19(26)24-15-5-4-6-16(10-15)29-3/h4-10H,11-12H2,1-3H3,(H,24,26). The molecule has 162 valence electrons. The molecule has 1 N–H and O–H groups in total. The van der Waals surface area contributed by atoms with E-state index in [2.05, 4.69) is 5.32 Å². The molecule has 9 heteroatoms. The van der Waals surface area contributed by atoms with Gasteiger partial charge >= 0.3 is 5.97 Å². The number of hydrogen-bond donors (Lipinski definition) is 1. The normalized spacial score (nSPS) is 10.6. The van der Waals surface area contributed by atoms with E-state index in [0.717, 1.165) is 4.90 Å². The van der Waals surface area contributed by atoms with Crippen LogP contribution in [0.15, 0.2) is 46.9 Å². The van der Waals surface area contributed by atoms with Crippen molar-refractivity contribution in [3.8, 4) is 5.75 Å². The smallest absolute Gasteiger partial charge is 0.375 e. The molecule has 0 aliphatic heterocycles. The van der Waals surface area contributed by atoms with Gasteiger partial charge in [-0.05, 0) is 37.3 Å². The van der Waals surface area contributed by atoms with Gasteiger partial charge in [0.05, 0.1) is 13.7 Å². The number of methoxy groups -OCH3 is 1. The van der Waals surface area contributed by atoms with Gasteiger partial charge in [-0.15, -0.1) is 0 Å². The summed E-state index contributed by atoms with van der Waals surface area (Å²) in [4.78, 5) is 37.8. The number of carbonyl (C=O) groups excluding carboxylic acids is 3. The quantitative estimate of drug-likeness (QED) is 0.581. The minimum Gasteiger partial charge on any atom is -0.497 e. The van der Waals surface area contributed by atoms with Crippen LogP contribution in [0, 0.1) is 12.7 Å². The van der Waals surface area contributed by atoms with E-state index in [1.54, 1.807) is 31.2 Å². The van der Waals surface area contributed by atoms with E-state index in [1.165, 1.54) is 32.4 Å². The zero-order chi connectivity index (χ0) is 22.5. The minimum atomic E-state index is -0.850. The van der Waals surface area contributed by atoms with Crippen molar-refractivity contribution in [1.82, 2.24) is 4.90 Å². The molecule has 1 aromatic heterocycles. The highest BCUT2D eigenvalue weighted by Crippen LogP contribution is 2.26. The number of ether oxygens (including phenoxy) is 2. The Kier molecular flexibility index (Phi) is 6.54. The monoisotopic (exact) mass is 428 g/mol. The first-order chi connectivity index (χ1) is 14.8. The average molecular weight is 428 g/mol. The molecule has 0 saturated heterocycles. The highest BCUT2D eigenvalue weighted by atomic mass is 19.1. The fourth-order valence-electron chi connectivity index (χ4n) is 2.90. The first-order valence-electron chi connectivity index (χ1n) is 9.32. The second kappa shape index (κ2) is 9.29. The second-order valence-corrected chi connectivity index (χ2v) is 6.80. The van der Waals surface area contributed by atoms with Gasteiger partial charge in [0, 0.05) is 29.8 Å². The molecule has 3 aromatic rings. The molecule has 0 saturated carbocycles. The number of aryl methyl sites for hydroxylation is 1. The molecule has 0 bridgehead atoms. The number of benzene rings is 2. The van der Waals surface area contributed by atoms with Crippen LogP contribution in [0.4, 0.5) is 10.1 Å². The van der Waals surface area contributed by atoms with E-state index >= 15 is 0 Å². The summed E-state index contributed by atoms with van der Waals surface area (Å²) >= 11 is 0. The number of esters is 1. The summed E-state index contributed by atoms with van der Waals surface area (Å²) in [5.41, 5.74) is 1.27. The third-order valence-electron chi connectivity index (χ3n) is 4.57. The highest BCUT2D eigenvalue weighted by molar-refractivity contribution is 5.97. The third-order valence-corrected chi connectivity index (χ3v) is 4.57. The van der Waals surface area contributed by atoms with E-state index in [0.29, 0.717) is 28.0 Å². The molecule has 3 rings (SSSR count). The molecule has 0 radical (unpaired) electrons. The number of hydrogen-bond acceptors (Lipinski definition) is 6. The Hall–Kier alpha value is -3.88. The van der Waals surface area contributed by atoms with E-state index in [4.69, 9.17) is 13.9 Å². The number of nitrogens with one attached hydrogen (secondary N) is 1. The van der Waals surface area contributed by atoms with E-state index < -0.39 is 30.2 Å². The van der Waals surface area contributed by atoms with Crippen molar-refractivity contribution in [2.75, 3.05) is 32.6 Å². The Morgan fingerprint density at radius 1 is 1.16 bits per heavy atom. The molecular weight excluding hydrogens is 407 g/mol. The second-order valence-electron chi connectivity index (χ2n) is 6.80. The number of likely N-dealkylation sites (N-methyl/N-ethyl adjacent to an activating group) is 1. The maximum Gasteiger partial charge on any atom is 0.375 e. The number of carbonyl (C=O) groups is 3. The van der Waals surface area contributed by atoms with Gasteiger partial charge in [0.25, 0.3) is 5.91 Å². The Morgan fingerprint density at radius 3 is 2.68 bits per heavy atom. The van der Waals surface area contributed by atoms with Crippen molar-refractivity contribution in [2.45, 2.75) is 6.92 Å². The van der Waals surface area contributed by atoms with Gasteiger partial charge in [0.15, 0.2) is 6.61 Å². The maximum atomic E-state index is 13.4. The van der Waals surface area contributed by atoms with Crippen LogP contribution in [0.5, 0.6) is 5.75 Å². The molecule has 0 spiro atoms. The van der Waals surface area contributed by atoms with Crippen molar-refractivity contribution < 1.29 is 32.7 Å². The van der Waals surface area contributed by atoms with E-state index in [1.807, 2.05) is 0 Å². The van der Waals surface area contributed by atoms with Crippen molar-refractivity contribution in [3.63, 3.8) is 0 Å². The first-order valence-corrected chi connectivity index (χ1v) is 9.32. The Bertz CT molecular complexity index is 1140. The van der Waals surface area contributed by atoms with Crippen molar-refractivity contribution in [2.24, 2.45) is 0 Å². The van der Waals surface area contributed by atoms with Crippen LogP contribution < -0.4 is 10.1 Å². The van der Waals surface area contributed by atoms with Crippen molar-refractivity contribution in [3.05, 3.63) is 59.6 Å². The summed E-state index contributed by atoms with van der Waals surface area (Å²) < 4.78 is 28.9. The molecule has 0 aliphatic rings. The molecule has 31 heavy (non-hydrogen) atoms. The molecule has 0 aliphatic carbocycles. The largest absolute Gasteiger partial charge is 0.497 e. The fraction of sp³-hybridized carbons (Fsp3) is 0.227. The lowest BCUT2D eigenvalue weighted by Gasteiger charge is -2.16. The molecule has 1 heterocycles. The lowest BCUT2D eigenvalue weighted by Crippen LogP contribution is -2.37. The van der Waals surface area contributed by atoms with Crippen LogP contribution in [-0.4, -0.2) is 50.0 Å². The highest BCUT2D eigenvalue weighted by Gasteiger charge is 2.22. The van der Waals surface area contributed by atoms with Crippen LogP contribution in [-0.2, 0) is 14.3 Å². The van der Waals surface area contributed by atoms with Crippen LogP contribution in [0.3, 0.4) is 0 Å². The predicted octanol–water partition coefficient (Wildman–Crippen LogP) is 3.14. The lowest BCUT2D eigenvalue weighted by atomic mass is 10.1. The molecule has 0 atom stereocenters. The summed E-state index contributed by atoms with van der Waals surface area (Å²) in [6.45, 7) is 0.780. The SMILES string of the molecule is COc1cccc(NC(=O)CN(C)C(=O)COC(=O)c2oc3ccc(F)cc3c2C)c1. The van der Waals surface area contributed by atoms with Gasteiger partial charge < -0.3 is 24.1 Å². The summed E-state index contributed by atoms with van der Waals surface area (Å²) in [5.74, 6) is -1.83. The average Bonchev–Trinajstić information content (AvgIpc) is 3.07. The van der Waals surface area contributed by atoms with Gasteiger partial charge in [0.2, 0.25) is 11.7 Å². The summed E-state index contributed by atoms with van der Waals surface area (Å²) in [6.07, 6.45) is 0. The molecule has 8 nitrogen and oxygen atoms in total. The third kappa shape index (κ3) is 5.19. The van der Waals surface area contributed by atoms with Gasteiger partial charge in [0.1, 0.15) is 17.1 Å². The minimum absolute atomic E-state index is 0.105. The summed E-state index contributed by atoms with van der Waals surface area (Å²) in [5, 5.41) is 3.10. The number of nitrogens with zero attached hydrogens (tertiary/aromatic N) is 1. The molecule has 0 unspecified atom stereocenters. The number of rotatable bonds is 7. The lowest BCUT2D eigenvalue weighted by molar-refractivity contribution is -0.136. The number of fused-ring (bicyclic) bond motifs is 1. The number of halogens is 1. The van der Waals surface area contributed by atoms with Crippen molar-refractivity contribution >= 4 is 34.4 Å². The van der Waals surface area contributed by atoms with Crippen LogP contribution in [0.1, 0.15) is 16.1 Å². The van der Waals surface area contributed by atoms with E-state index in [-0.39, 0.29) is 12.3 Å². The first kappa shape index (κ1) is 21.8. The number of anilines is 1. The zero-order valence-corrected chi connectivity index (χ0v) is 17.2. The predicted molar refractivity (Wildman–Crippen MR) is 110 cm³/mol. The van der Waals surface area contributed by atoms with Crippen molar-refractivity contribution in [1.29, 1.82) is 0 Å². The Morgan fingerprint density at radius 2 is 1.94 bits per heavy atom. The Labute approximate surface area is 177 Å². The topological polar surface area (TPSA) is 98.1 Å². The van der Waals surface area contributed by atoms with E-state index in [9.17, 15) is 18.8 Å². The van der Waals surface area contributed by atoms with Gasteiger partial charge in [-0.2, -0.15) is 0 Å². The Balaban J connectivity index is 1.54. The van der Waals surface area contributed by atoms with Crippen LogP contribution in [0.2, 0.25) is 0 Å². The zero-order valence-electron chi connectivity index (χ0n) is 17.2. The van der Waals surface area contributed by atoms with Crippen LogP contribution >= 0.6 is 0 Å². The summed E-state index contributed by atoms with van der Waals surface area (Å²) in [6, 6.07) is 10.7. The summed E-state index contributed by atoms with van der Waals surface area (Å²) in [7, 11) is 2.93. The van der Waals surface area contributed by atoms with Gasteiger partial charge in [-0.3, -0.25) is 9.59 Å². The molecule has 2 amide bonds. The van der Waals surface area contributed by atoms with Gasteiger partial charge in [-0.1, -0.05) is 6.07 Å². The molecule has 2 aromatic carbocycles. The maximum absolute atomic E-state index is 13.4. The molecule has 0 fully saturated rings.